The molecular formula is C14H23N3O2. The van der Waals surface area contributed by atoms with Crippen molar-refractivity contribution in [1.29, 1.82) is 0 Å². The zero-order valence-corrected chi connectivity index (χ0v) is 11.5. The maximum atomic E-state index is 11.1. The molecule has 0 amide bonds. The second-order valence-electron chi connectivity index (χ2n) is 5.34. The van der Waals surface area contributed by atoms with Gasteiger partial charge in [0, 0.05) is 19.3 Å². The lowest BCUT2D eigenvalue weighted by Crippen LogP contribution is -2.29. The van der Waals surface area contributed by atoms with Crippen molar-refractivity contribution < 1.29 is 9.90 Å². The fourth-order valence-corrected chi connectivity index (χ4v) is 2.93. The molecule has 2 atom stereocenters. The lowest BCUT2D eigenvalue weighted by atomic mass is 9.96. The van der Waals surface area contributed by atoms with Crippen LogP contribution in [0.5, 0.6) is 0 Å². The number of nitrogens with zero attached hydrogens (tertiary/aromatic N) is 2. The van der Waals surface area contributed by atoms with Gasteiger partial charge in [0.1, 0.15) is 0 Å². The van der Waals surface area contributed by atoms with E-state index in [2.05, 4.69) is 21.8 Å². The van der Waals surface area contributed by atoms with E-state index in [9.17, 15) is 4.79 Å². The quantitative estimate of drug-likeness (QED) is 0.790. The fraction of sp³-hybridized carbons (Fsp3) is 0.714. The minimum atomic E-state index is -0.639. The van der Waals surface area contributed by atoms with Crippen molar-refractivity contribution in [3.8, 4) is 0 Å². The molecule has 1 heterocycles. The molecule has 0 radical (unpaired) electrons. The molecule has 1 fully saturated rings. The molecule has 1 aliphatic rings. The summed E-state index contributed by atoms with van der Waals surface area (Å²) in [5.74, 6) is -0.520. The first-order chi connectivity index (χ1) is 9.22. The van der Waals surface area contributed by atoms with Crippen LogP contribution in [0.2, 0.25) is 0 Å². The predicted octanol–water partition coefficient (Wildman–Crippen LogP) is 1.88. The first-order valence-corrected chi connectivity index (χ1v) is 7.15. The van der Waals surface area contributed by atoms with E-state index in [0.717, 1.165) is 45.3 Å². The van der Waals surface area contributed by atoms with Gasteiger partial charge in [0.25, 0.3) is 0 Å². The first kappa shape index (κ1) is 14.1. The molecule has 2 rings (SSSR count). The molecule has 0 saturated heterocycles. The Morgan fingerprint density at radius 2 is 2.42 bits per heavy atom. The largest absolute Gasteiger partial charge is 0.481 e. The van der Waals surface area contributed by atoms with Crippen LogP contribution in [0.15, 0.2) is 12.5 Å². The number of rotatable bonds is 7. The van der Waals surface area contributed by atoms with Gasteiger partial charge in [0.05, 0.1) is 17.9 Å². The molecule has 1 aromatic rings. The van der Waals surface area contributed by atoms with Crippen LogP contribution in [0.4, 0.5) is 0 Å². The highest BCUT2D eigenvalue weighted by atomic mass is 16.4. The van der Waals surface area contributed by atoms with E-state index >= 15 is 0 Å². The van der Waals surface area contributed by atoms with Crippen LogP contribution < -0.4 is 5.32 Å². The molecule has 19 heavy (non-hydrogen) atoms. The summed E-state index contributed by atoms with van der Waals surface area (Å²) in [5.41, 5.74) is 1.17. The summed E-state index contributed by atoms with van der Waals surface area (Å²) in [6.07, 6.45) is 7.72. The highest BCUT2D eigenvalue weighted by Crippen LogP contribution is 2.31. The number of hydrogen-bond donors (Lipinski definition) is 2. The number of carbonyl (C=O) groups is 1. The van der Waals surface area contributed by atoms with E-state index in [-0.39, 0.29) is 11.8 Å². The molecule has 106 valence electrons. The van der Waals surface area contributed by atoms with E-state index in [1.54, 1.807) is 0 Å². The number of aliphatic carboxylic acids is 1. The number of nitrogens with one attached hydrogen (secondary N) is 1. The third-order valence-corrected chi connectivity index (χ3v) is 3.95. The normalized spacial score (nSPS) is 22.8. The highest BCUT2D eigenvalue weighted by molar-refractivity contribution is 5.70. The van der Waals surface area contributed by atoms with Crippen LogP contribution in [-0.2, 0) is 17.9 Å². The summed E-state index contributed by atoms with van der Waals surface area (Å²) in [4.78, 5) is 15.3. The smallest absolute Gasteiger partial charge is 0.306 e. The van der Waals surface area contributed by atoms with Gasteiger partial charge in [-0.25, -0.2) is 4.98 Å². The third kappa shape index (κ3) is 3.56. The number of carboxylic acid groups (broad SMARTS) is 1. The number of hydrogen-bond acceptors (Lipinski definition) is 3. The van der Waals surface area contributed by atoms with Gasteiger partial charge in [-0.05, 0) is 31.7 Å². The Morgan fingerprint density at radius 1 is 1.58 bits per heavy atom. The zero-order valence-electron chi connectivity index (χ0n) is 11.5. The number of imidazole rings is 1. The van der Waals surface area contributed by atoms with E-state index in [0.29, 0.717) is 0 Å². The second-order valence-corrected chi connectivity index (χ2v) is 5.34. The number of aromatic nitrogens is 2. The lowest BCUT2D eigenvalue weighted by Gasteiger charge is -2.16. The Bertz CT molecular complexity index is 417. The summed E-state index contributed by atoms with van der Waals surface area (Å²) < 4.78 is 2.15. The van der Waals surface area contributed by atoms with Gasteiger partial charge in [0.15, 0.2) is 0 Å². The Kier molecular flexibility index (Phi) is 4.96. The van der Waals surface area contributed by atoms with E-state index in [1.165, 1.54) is 5.69 Å². The van der Waals surface area contributed by atoms with Crippen molar-refractivity contribution in [3.63, 3.8) is 0 Å². The van der Waals surface area contributed by atoms with Crippen molar-refractivity contribution >= 4 is 5.97 Å². The van der Waals surface area contributed by atoms with E-state index in [4.69, 9.17) is 5.11 Å². The SMILES string of the molecule is CCCn1cncc1CNCC1CCCC1C(=O)O. The van der Waals surface area contributed by atoms with Crippen LogP contribution in [0.25, 0.3) is 0 Å². The molecule has 5 nitrogen and oxygen atoms in total. The molecule has 0 aliphatic heterocycles. The molecule has 1 aromatic heterocycles. The van der Waals surface area contributed by atoms with Crippen molar-refractivity contribution in [3.05, 3.63) is 18.2 Å². The van der Waals surface area contributed by atoms with E-state index in [1.807, 2.05) is 12.5 Å². The monoisotopic (exact) mass is 265 g/mol. The van der Waals surface area contributed by atoms with Crippen molar-refractivity contribution in [2.75, 3.05) is 6.54 Å². The molecule has 1 aliphatic carbocycles. The first-order valence-electron chi connectivity index (χ1n) is 7.15. The van der Waals surface area contributed by atoms with Crippen LogP contribution >= 0.6 is 0 Å². The third-order valence-electron chi connectivity index (χ3n) is 3.95. The molecule has 0 spiro atoms. The molecule has 0 aromatic carbocycles. The molecule has 5 heteroatoms. The Labute approximate surface area is 114 Å². The average molecular weight is 265 g/mol. The summed E-state index contributed by atoms with van der Waals surface area (Å²) in [7, 11) is 0. The van der Waals surface area contributed by atoms with Crippen LogP contribution in [0.1, 0.15) is 38.3 Å². The molecule has 2 N–H and O–H groups in total. The van der Waals surface area contributed by atoms with Crippen LogP contribution in [0.3, 0.4) is 0 Å². The van der Waals surface area contributed by atoms with E-state index < -0.39 is 5.97 Å². The lowest BCUT2D eigenvalue weighted by molar-refractivity contribution is -0.142. The van der Waals surface area contributed by atoms with Crippen LogP contribution in [-0.4, -0.2) is 27.2 Å². The maximum absolute atomic E-state index is 11.1. The Morgan fingerprint density at radius 3 is 3.16 bits per heavy atom. The predicted molar refractivity (Wildman–Crippen MR) is 72.7 cm³/mol. The molecular weight excluding hydrogens is 242 g/mol. The van der Waals surface area contributed by atoms with Gasteiger partial charge in [0.2, 0.25) is 0 Å². The average Bonchev–Trinajstić information content (AvgIpc) is 2.99. The fourth-order valence-electron chi connectivity index (χ4n) is 2.93. The van der Waals surface area contributed by atoms with Gasteiger partial charge in [-0.3, -0.25) is 4.79 Å². The minimum absolute atomic E-state index is 0.159. The molecule has 0 bridgehead atoms. The van der Waals surface area contributed by atoms with Gasteiger partial charge in [-0.2, -0.15) is 0 Å². The number of aryl methyl sites for hydroxylation is 1. The van der Waals surface area contributed by atoms with Crippen molar-refractivity contribution in [2.45, 2.75) is 45.7 Å². The minimum Gasteiger partial charge on any atom is -0.481 e. The molecule has 2 unspecified atom stereocenters. The highest BCUT2D eigenvalue weighted by Gasteiger charge is 2.32. The van der Waals surface area contributed by atoms with Gasteiger partial charge < -0.3 is 15.0 Å². The van der Waals surface area contributed by atoms with Crippen molar-refractivity contribution in [1.82, 2.24) is 14.9 Å². The number of carboxylic acids is 1. The van der Waals surface area contributed by atoms with Gasteiger partial charge in [-0.1, -0.05) is 13.3 Å². The summed E-state index contributed by atoms with van der Waals surface area (Å²) >= 11 is 0. The molecule has 1 saturated carbocycles. The Hall–Kier alpha value is -1.36. The summed E-state index contributed by atoms with van der Waals surface area (Å²) in [5, 5.41) is 12.5. The standard InChI is InChI=1S/C14H23N3O2/c1-2-6-17-10-16-9-12(17)8-15-7-11-4-3-5-13(11)14(18)19/h9-11,13,15H,2-8H2,1H3,(H,18,19). The second kappa shape index (κ2) is 6.70. The van der Waals surface area contributed by atoms with Crippen molar-refractivity contribution in [2.24, 2.45) is 11.8 Å². The topological polar surface area (TPSA) is 67.2 Å². The summed E-state index contributed by atoms with van der Waals surface area (Å²) in [6, 6.07) is 0. The zero-order chi connectivity index (χ0) is 13.7. The maximum Gasteiger partial charge on any atom is 0.306 e. The summed E-state index contributed by atoms with van der Waals surface area (Å²) in [6.45, 7) is 4.68. The Balaban J connectivity index is 1.80. The van der Waals surface area contributed by atoms with Gasteiger partial charge in [-0.15, -0.1) is 0 Å². The van der Waals surface area contributed by atoms with Crippen LogP contribution in [0, 0.1) is 11.8 Å². The van der Waals surface area contributed by atoms with Gasteiger partial charge >= 0.3 is 5.97 Å².